The highest BCUT2D eigenvalue weighted by Crippen LogP contribution is 2.11. The van der Waals surface area contributed by atoms with Crippen LogP contribution in [0.25, 0.3) is 0 Å². The quantitative estimate of drug-likeness (QED) is 0.743. The van der Waals surface area contributed by atoms with Gasteiger partial charge in [-0.3, -0.25) is 9.59 Å². The Bertz CT molecular complexity index is 913. The molecule has 2 aromatic carbocycles. The van der Waals surface area contributed by atoms with E-state index in [-0.39, 0.29) is 23.9 Å². The molecule has 2 rings (SSSR count). The lowest BCUT2D eigenvalue weighted by Gasteiger charge is -2.20. The molecule has 2 amide bonds. The van der Waals surface area contributed by atoms with Crippen LogP contribution < -0.4 is 10.5 Å². The van der Waals surface area contributed by atoms with Gasteiger partial charge in [-0.2, -0.15) is 0 Å². The molecule has 144 valence electrons. The van der Waals surface area contributed by atoms with Crippen molar-refractivity contribution >= 4 is 27.5 Å². The number of sulfonamides is 1. The van der Waals surface area contributed by atoms with E-state index in [1.165, 1.54) is 48.2 Å². The summed E-state index contributed by atoms with van der Waals surface area (Å²) in [6.07, 6.45) is 0.439. The molecular weight excluding hydrogens is 373 g/mol. The van der Waals surface area contributed by atoms with E-state index in [4.69, 9.17) is 5.14 Å². The zero-order valence-electron chi connectivity index (χ0n) is 14.7. The summed E-state index contributed by atoms with van der Waals surface area (Å²) >= 11 is 0. The van der Waals surface area contributed by atoms with Crippen LogP contribution in [0, 0.1) is 5.82 Å². The van der Waals surface area contributed by atoms with Crippen LogP contribution >= 0.6 is 0 Å². The van der Waals surface area contributed by atoms with Crippen LogP contribution in [-0.4, -0.2) is 38.2 Å². The summed E-state index contributed by atoms with van der Waals surface area (Å²) in [5, 5.41) is 7.65. The van der Waals surface area contributed by atoms with Crippen molar-refractivity contribution in [2.24, 2.45) is 5.14 Å². The van der Waals surface area contributed by atoms with E-state index in [1.54, 1.807) is 12.1 Å². The SMILES string of the molecule is CC(=O)N(CCc1ccc(S(N)(=O)=O)cc1)CC(=O)Nc1ccc(F)cc1. The molecule has 0 radical (unpaired) electrons. The van der Waals surface area contributed by atoms with E-state index >= 15 is 0 Å². The number of nitrogens with two attached hydrogens (primary N) is 1. The van der Waals surface area contributed by atoms with Crippen LogP contribution in [0.3, 0.4) is 0 Å². The maximum Gasteiger partial charge on any atom is 0.243 e. The van der Waals surface area contributed by atoms with Gasteiger partial charge in [0.15, 0.2) is 0 Å². The van der Waals surface area contributed by atoms with Gasteiger partial charge >= 0.3 is 0 Å². The molecule has 0 saturated carbocycles. The summed E-state index contributed by atoms with van der Waals surface area (Å²) in [5.74, 6) is -1.08. The lowest BCUT2D eigenvalue weighted by atomic mass is 10.1. The number of carbonyl (C=O) groups excluding carboxylic acids is 2. The molecule has 3 N–H and O–H groups in total. The van der Waals surface area contributed by atoms with Crippen LogP contribution in [0.4, 0.5) is 10.1 Å². The fourth-order valence-electron chi connectivity index (χ4n) is 2.36. The predicted molar refractivity (Wildman–Crippen MR) is 98.8 cm³/mol. The molecule has 2 aromatic rings. The van der Waals surface area contributed by atoms with Crippen molar-refractivity contribution in [3.63, 3.8) is 0 Å². The predicted octanol–water partition coefficient (Wildman–Crippen LogP) is 1.50. The standard InChI is InChI=1S/C18H20FN3O4S/c1-13(23)22(12-18(24)21-16-6-4-15(19)5-7-16)11-10-14-2-8-17(9-3-14)27(20,25)26/h2-9H,10-12H2,1H3,(H,21,24)(H2,20,25,26). The van der Waals surface area contributed by atoms with Gasteiger partial charge in [0.05, 0.1) is 11.4 Å². The topological polar surface area (TPSA) is 110 Å². The van der Waals surface area contributed by atoms with Crippen molar-refractivity contribution in [3.05, 3.63) is 59.9 Å². The van der Waals surface area contributed by atoms with Gasteiger partial charge in [-0.1, -0.05) is 12.1 Å². The van der Waals surface area contributed by atoms with Gasteiger partial charge in [0, 0.05) is 19.2 Å². The smallest absolute Gasteiger partial charge is 0.243 e. The largest absolute Gasteiger partial charge is 0.333 e. The number of rotatable bonds is 7. The van der Waals surface area contributed by atoms with Gasteiger partial charge in [-0.15, -0.1) is 0 Å². The van der Waals surface area contributed by atoms with Gasteiger partial charge in [0.2, 0.25) is 21.8 Å². The second kappa shape index (κ2) is 8.74. The van der Waals surface area contributed by atoms with Gasteiger partial charge < -0.3 is 10.2 Å². The van der Waals surface area contributed by atoms with Crippen LogP contribution in [-0.2, 0) is 26.0 Å². The minimum atomic E-state index is -3.75. The molecule has 0 bridgehead atoms. The average molecular weight is 393 g/mol. The maximum atomic E-state index is 12.9. The molecule has 0 saturated heterocycles. The Morgan fingerprint density at radius 1 is 1.07 bits per heavy atom. The zero-order chi connectivity index (χ0) is 20.0. The van der Waals surface area contributed by atoms with Crippen molar-refractivity contribution in [2.75, 3.05) is 18.4 Å². The van der Waals surface area contributed by atoms with Crippen molar-refractivity contribution in [1.82, 2.24) is 4.90 Å². The molecule has 0 aromatic heterocycles. The van der Waals surface area contributed by atoms with Gasteiger partial charge in [0.1, 0.15) is 5.82 Å². The molecule has 27 heavy (non-hydrogen) atoms. The number of halogens is 1. The molecule has 0 spiro atoms. The number of hydrogen-bond acceptors (Lipinski definition) is 4. The third kappa shape index (κ3) is 6.46. The fourth-order valence-corrected chi connectivity index (χ4v) is 2.88. The summed E-state index contributed by atoms with van der Waals surface area (Å²) in [4.78, 5) is 25.3. The number of carbonyl (C=O) groups is 2. The van der Waals surface area contributed by atoms with E-state index < -0.39 is 21.7 Å². The van der Waals surface area contributed by atoms with Crippen LogP contribution in [0.1, 0.15) is 12.5 Å². The molecule has 0 aliphatic heterocycles. The van der Waals surface area contributed by atoms with E-state index in [9.17, 15) is 22.4 Å². The van der Waals surface area contributed by atoms with Gasteiger partial charge in [-0.25, -0.2) is 17.9 Å². The number of anilines is 1. The molecule has 0 unspecified atom stereocenters. The third-order valence-corrected chi connectivity index (χ3v) is 4.76. The zero-order valence-corrected chi connectivity index (χ0v) is 15.5. The number of nitrogens with zero attached hydrogens (tertiary/aromatic N) is 1. The minimum Gasteiger partial charge on any atom is -0.333 e. The second-order valence-electron chi connectivity index (χ2n) is 5.93. The Morgan fingerprint density at radius 3 is 2.19 bits per heavy atom. The minimum absolute atomic E-state index is 0.00773. The Kier molecular flexibility index (Phi) is 6.65. The molecular formula is C18H20FN3O4S. The van der Waals surface area contributed by atoms with E-state index in [0.717, 1.165) is 5.56 Å². The molecule has 0 heterocycles. The van der Waals surface area contributed by atoms with Gasteiger partial charge in [-0.05, 0) is 48.4 Å². The summed E-state index contributed by atoms with van der Waals surface area (Å²) in [6, 6.07) is 11.3. The van der Waals surface area contributed by atoms with Crippen LogP contribution in [0.15, 0.2) is 53.4 Å². The lowest BCUT2D eigenvalue weighted by molar-refractivity contribution is -0.132. The molecule has 0 fully saturated rings. The van der Waals surface area contributed by atoms with Crippen LogP contribution in [0.5, 0.6) is 0 Å². The monoisotopic (exact) mass is 393 g/mol. The molecule has 0 aliphatic carbocycles. The number of nitrogens with one attached hydrogen (secondary N) is 1. The highest BCUT2D eigenvalue weighted by Gasteiger charge is 2.14. The van der Waals surface area contributed by atoms with Crippen molar-refractivity contribution < 1.29 is 22.4 Å². The Morgan fingerprint density at radius 2 is 1.67 bits per heavy atom. The first kappa shape index (κ1) is 20.5. The number of amides is 2. The third-order valence-electron chi connectivity index (χ3n) is 3.83. The van der Waals surface area contributed by atoms with Crippen LogP contribution in [0.2, 0.25) is 0 Å². The average Bonchev–Trinajstić information content (AvgIpc) is 2.60. The Labute approximate surface area is 157 Å². The summed E-state index contributed by atoms with van der Waals surface area (Å²) in [5.41, 5.74) is 1.23. The second-order valence-corrected chi connectivity index (χ2v) is 7.50. The molecule has 0 aliphatic rings. The Hall–Kier alpha value is -2.78. The summed E-state index contributed by atoms with van der Waals surface area (Å²) in [6.45, 7) is 1.48. The highest BCUT2D eigenvalue weighted by atomic mass is 32.2. The van der Waals surface area contributed by atoms with E-state index in [1.807, 2.05) is 0 Å². The normalized spacial score (nSPS) is 11.1. The van der Waals surface area contributed by atoms with E-state index in [0.29, 0.717) is 12.1 Å². The molecule has 0 atom stereocenters. The van der Waals surface area contributed by atoms with Gasteiger partial charge in [0.25, 0.3) is 0 Å². The Balaban J connectivity index is 1.94. The number of benzene rings is 2. The number of hydrogen-bond donors (Lipinski definition) is 2. The lowest BCUT2D eigenvalue weighted by Crippen LogP contribution is -2.38. The first-order valence-electron chi connectivity index (χ1n) is 8.08. The first-order valence-corrected chi connectivity index (χ1v) is 9.62. The van der Waals surface area contributed by atoms with Crippen molar-refractivity contribution in [3.8, 4) is 0 Å². The summed E-state index contributed by atoms with van der Waals surface area (Å²) < 4.78 is 35.4. The first-order chi connectivity index (χ1) is 12.6. The van der Waals surface area contributed by atoms with E-state index in [2.05, 4.69) is 5.32 Å². The van der Waals surface area contributed by atoms with Crippen molar-refractivity contribution in [1.29, 1.82) is 0 Å². The summed E-state index contributed by atoms with van der Waals surface area (Å²) in [7, 11) is -3.75. The number of primary sulfonamides is 1. The fraction of sp³-hybridized carbons (Fsp3) is 0.222. The highest BCUT2D eigenvalue weighted by molar-refractivity contribution is 7.89. The maximum absolute atomic E-state index is 12.9. The molecule has 7 nitrogen and oxygen atoms in total. The molecule has 9 heteroatoms. The van der Waals surface area contributed by atoms with Crippen molar-refractivity contribution in [2.45, 2.75) is 18.2 Å².